The van der Waals surface area contributed by atoms with Gasteiger partial charge in [0.2, 0.25) is 5.24 Å². The molecule has 56 valence electrons. The normalized spacial score (nSPS) is 9.80. The second-order valence-electron chi connectivity index (χ2n) is 1.39. The number of allylic oxidation sites excluding steroid dienone is 1. The lowest BCUT2D eigenvalue weighted by Crippen LogP contribution is -1.99. The first-order valence-corrected chi connectivity index (χ1v) is 3.09. The third-order valence-corrected chi connectivity index (χ3v) is 0.763. The quantitative estimate of drug-likeness (QED) is 0.351. The lowest BCUT2D eigenvalue weighted by molar-refractivity contribution is -0.137. The van der Waals surface area contributed by atoms with Crippen LogP contribution in [0.25, 0.3) is 0 Å². The lowest BCUT2D eigenvalue weighted by Gasteiger charge is -1.92. The molecular formula is C6H7ClO3. The average molecular weight is 163 g/mol. The largest absolute Gasteiger partial charge is 0.463 e. The van der Waals surface area contributed by atoms with Gasteiger partial charge in [0.15, 0.2) is 0 Å². The van der Waals surface area contributed by atoms with Crippen LogP contribution in [-0.4, -0.2) is 17.8 Å². The second kappa shape index (κ2) is 4.99. The van der Waals surface area contributed by atoms with E-state index < -0.39 is 11.2 Å². The molecule has 0 saturated carbocycles. The number of esters is 1. The fraction of sp³-hybridized carbons (Fsp3) is 0.333. The van der Waals surface area contributed by atoms with E-state index in [1.165, 1.54) is 0 Å². The van der Waals surface area contributed by atoms with E-state index in [2.05, 4.69) is 4.74 Å². The summed E-state index contributed by atoms with van der Waals surface area (Å²) in [6, 6.07) is 0. The molecule has 0 aliphatic carbocycles. The zero-order chi connectivity index (χ0) is 7.98. The van der Waals surface area contributed by atoms with Crippen LogP contribution >= 0.6 is 11.6 Å². The summed E-state index contributed by atoms with van der Waals surface area (Å²) in [5, 5.41) is -0.687. The maximum Gasteiger partial charge on any atom is 0.330 e. The fourth-order valence-corrected chi connectivity index (χ4v) is 0.387. The van der Waals surface area contributed by atoms with Crippen molar-refractivity contribution in [2.45, 2.75) is 6.92 Å². The molecule has 0 unspecified atom stereocenters. The van der Waals surface area contributed by atoms with Crippen LogP contribution in [0.1, 0.15) is 6.92 Å². The summed E-state index contributed by atoms with van der Waals surface area (Å²) < 4.78 is 4.46. The van der Waals surface area contributed by atoms with Crippen molar-refractivity contribution in [1.29, 1.82) is 0 Å². The van der Waals surface area contributed by atoms with E-state index in [-0.39, 0.29) is 0 Å². The summed E-state index contributed by atoms with van der Waals surface area (Å²) in [6.07, 6.45) is 1.93. The van der Waals surface area contributed by atoms with Gasteiger partial charge in [-0.25, -0.2) is 4.79 Å². The third kappa shape index (κ3) is 5.31. The van der Waals surface area contributed by atoms with Crippen LogP contribution < -0.4 is 0 Å². The van der Waals surface area contributed by atoms with Crippen LogP contribution in [0.3, 0.4) is 0 Å². The Morgan fingerprint density at radius 2 is 2.10 bits per heavy atom. The van der Waals surface area contributed by atoms with E-state index in [0.717, 1.165) is 12.2 Å². The molecule has 0 aromatic heterocycles. The maximum absolute atomic E-state index is 10.4. The summed E-state index contributed by atoms with van der Waals surface area (Å²) in [5.41, 5.74) is 0. The van der Waals surface area contributed by atoms with E-state index in [9.17, 15) is 9.59 Å². The molecular weight excluding hydrogens is 156 g/mol. The van der Waals surface area contributed by atoms with Crippen molar-refractivity contribution in [2.75, 3.05) is 6.61 Å². The topological polar surface area (TPSA) is 43.4 Å². The Balaban J connectivity index is 3.67. The minimum Gasteiger partial charge on any atom is -0.463 e. The molecule has 3 nitrogen and oxygen atoms in total. The van der Waals surface area contributed by atoms with E-state index in [0.29, 0.717) is 6.61 Å². The van der Waals surface area contributed by atoms with Crippen molar-refractivity contribution >= 4 is 22.8 Å². The van der Waals surface area contributed by atoms with Gasteiger partial charge in [-0.05, 0) is 18.5 Å². The molecule has 0 spiro atoms. The molecule has 0 aliphatic heterocycles. The zero-order valence-electron chi connectivity index (χ0n) is 5.46. The second-order valence-corrected chi connectivity index (χ2v) is 1.76. The molecule has 0 amide bonds. The van der Waals surface area contributed by atoms with Gasteiger partial charge in [0.05, 0.1) is 6.61 Å². The number of carbonyl (C=O) groups is 2. The van der Waals surface area contributed by atoms with Crippen molar-refractivity contribution in [3.63, 3.8) is 0 Å². The predicted octanol–water partition coefficient (Wildman–Crippen LogP) is 0.871. The van der Waals surface area contributed by atoms with Gasteiger partial charge in [0.1, 0.15) is 0 Å². The Morgan fingerprint density at radius 1 is 1.50 bits per heavy atom. The minimum atomic E-state index is -0.687. The Bertz CT molecular complexity index is 162. The number of ether oxygens (including phenoxy) is 1. The molecule has 0 radical (unpaired) electrons. The molecule has 0 aromatic carbocycles. The molecule has 10 heavy (non-hydrogen) atoms. The van der Waals surface area contributed by atoms with Crippen LogP contribution in [0.15, 0.2) is 12.2 Å². The van der Waals surface area contributed by atoms with E-state index in [4.69, 9.17) is 11.6 Å². The Morgan fingerprint density at radius 3 is 2.50 bits per heavy atom. The van der Waals surface area contributed by atoms with Gasteiger partial charge >= 0.3 is 5.97 Å². The Kier molecular flexibility index (Phi) is 4.58. The van der Waals surface area contributed by atoms with Crippen molar-refractivity contribution in [2.24, 2.45) is 0 Å². The van der Waals surface area contributed by atoms with Crippen molar-refractivity contribution in [3.8, 4) is 0 Å². The highest BCUT2D eigenvalue weighted by molar-refractivity contribution is 6.66. The first kappa shape index (κ1) is 9.17. The molecule has 0 saturated heterocycles. The van der Waals surface area contributed by atoms with Gasteiger partial charge in [0, 0.05) is 12.2 Å². The average Bonchev–Trinajstić information content (AvgIpc) is 1.85. The van der Waals surface area contributed by atoms with Crippen LogP contribution in [0.2, 0.25) is 0 Å². The van der Waals surface area contributed by atoms with Gasteiger partial charge in [0.25, 0.3) is 0 Å². The molecule has 0 atom stereocenters. The van der Waals surface area contributed by atoms with Crippen LogP contribution in [-0.2, 0) is 14.3 Å². The lowest BCUT2D eigenvalue weighted by atomic mass is 10.5. The number of rotatable bonds is 3. The molecule has 4 heteroatoms. The molecule has 0 aromatic rings. The molecule has 0 fully saturated rings. The molecule has 0 heterocycles. The highest BCUT2D eigenvalue weighted by Gasteiger charge is 1.93. The molecule has 0 bridgehead atoms. The van der Waals surface area contributed by atoms with Crippen molar-refractivity contribution in [3.05, 3.63) is 12.2 Å². The highest BCUT2D eigenvalue weighted by atomic mass is 35.5. The van der Waals surface area contributed by atoms with E-state index in [1.807, 2.05) is 0 Å². The van der Waals surface area contributed by atoms with Crippen molar-refractivity contribution in [1.82, 2.24) is 0 Å². The summed E-state index contributed by atoms with van der Waals surface area (Å²) in [4.78, 5) is 20.5. The fourth-order valence-electron chi connectivity index (χ4n) is 0.324. The van der Waals surface area contributed by atoms with Gasteiger partial charge in [-0.2, -0.15) is 0 Å². The zero-order valence-corrected chi connectivity index (χ0v) is 6.22. The van der Waals surface area contributed by atoms with Crippen LogP contribution in [0, 0.1) is 0 Å². The first-order valence-electron chi connectivity index (χ1n) is 2.71. The minimum absolute atomic E-state index is 0.291. The van der Waals surface area contributed by atoms with Gasteiger partial charge < -0.3 is 4.74 Å². The SMILES string of the molecule is CCOC(=O)/C=C\C(=O)Cl. The highest BCUT2D eigenvalue weighted by Crippen LogP contribution is 1.85. The Labute approximate surface area is 63.6 Å². The first-order chi connectivity index (χ1) is 4.66. The number of halogens is 1. The molecule has 0 rings (SSSR count). The maximum atomic E-state index is 10.4. The smallest absolute Gasteiger partial charge is 0.330 e. The summed E-state index contributed by atoms with van der Waals surface area (Å²) in [6.45, 7) is 1.97. The summed E-state index contributed by atoms with van der Waals surface area (Å²) in [5.74, 6) is -0.559. The van der Waals surface area contributed by atoms with Gasteiger partial charge in [-0.1, -0.05) is 0 Å². The number of carbonyl (C=O) groups excluding carboxylic acids is 2. The number of hydrogen-bond acceptors (Lipinski definition) is 3. The third-order valence-electron chi connectivity index (χ3n) is 0.637. The van der Waals surface area contributed by atoms with Gasteiger partial charge in [-0.3, -0.25) is 4.79 Å². The standard InChI is InChI=1S/C6H7ClO3/c1-2-10-6(9)4-3-5(7)8/h3-4H,2H2,1H3/b4-3-. The van der Waals surface area contributed by atoms with Crippen LogP contribution in [0.4, 0.5) is 0 Å². The van der Waals surface area contributed by atoms with E-state index >= 15 is 0 Å². The monoisotopic (exact) mass is 162 g/mol. The van der Waals surface area contributed by atoms with Crippen molar-refractivity contribution < 1.29 is 14.3 Å². The number of hydrogen-bond donors (Lipinski definition) is 0. The molecule has 0 N–H and O–H groups in total. The summed E-state index contributed by atoms with van der Waals surface area (Å²) in [7, 11) is 0. The predicted molar refractivity (Wildman–Crippen MR) is 36.6 cm³/mol. The summed E-state index contributed by atoms with van der Waals surface area (Å²) >= 11 is 4.89. The van der Waals surface area contributed by atoms with Gasteiger partial charge in [-0.15, -0.1) is 0 Å². The van der Waals surface area contributed by atoms with E-state index in [1.54, 1.807) is 6.92 Å². The molecule has 0 aliphatic rings. The Hall–Kier alpha value is -0.830. The van der Waals surface area contributed by atoms with Crippen LogP contribution in [0.5, 0.6) is 0 Å².